The molecule has 4 heteroatoms. The molecule has 1 fully saturated rings. The Morgan fingerprint density at radius 1 is 1.56 bits per heavy atom. The van der Waals surface area contributed by atoms with Gasteiger partial charge < -0.3 is 10.6 Å². The van der Waals surface area contributed by atoms with Crippen LogP contribution in [0.15, 0.2) is 5.38 Å². The maximum Gasteiger partial charge on any atom is 0.0897 e. The van der Waals surface area contributed by atoms with Crippen LogP contribution in [-0.4, -0.2) is 29.5 Å². The number of hydrogen-bond donors (Lipinski definition) is 1. The summed E-state index contributed by atoms with van der Waals surface area (Å²) in [5.41, 5.74) is 7.86. The van der Waals surface area contributed by atoms with E-state index in [-0.39, 0.29) is 0 Å². The van der Waals surface area contributed by atoms with Crippen molar-refractivity contribution in [1.29, 1.82) is 0 Å². The zero-order valence-corrected chi connectivity index (χ0v) is 12.8. The molecule has 102 valence electrons. The Morgan fingerprint density at radius 3 is 2.78 bits per heavy atom. The number of aromatic nitrogens is 1. The molecule has 1 aliphatic rings. The minimum Gasteiger partial charge on any atom is -0.327 e. The summed E-state index contributed by atoms with van der Waals surface area (Å²) in [6.45, 7) is 8.67. The molecule has 0 amide bonds. The van der Waals surface area contributed by atoms with Gasteiger partial charge in [-0.2, -0.15) is 0 Å². The summed E-state index contributed by atoms with van der Waals surface area (Å²) in [4.78, 5) is 6.88. The summed E-state index contributed by atoms with van der Waals surface area (Å²) >= 11 is 1.73. The molecule has 0 saturated heterocycles. The topological polar surface area (TPSA) is 42.2 Å². The number of nitrogens with two attached hydrogens (primary N) is 1. The molecule has 0 aromatic carbocycles. The van der Waals surface area contributed by atoms with Gasteiger partial charge in [0.2, 0.25) is 0 Å². The second-order valence-electron chi connectivity index (χ2n) is 6.37. The maximum atomic E-state index is 6.36. The smallest absolute Gasteiger partial charge is 0.0897 e. The molecule has 0 radical (unpaired) electrons. The molecule has 2 atom stereocenters. The molecular formula is C14H25N3S. The summed E-state index contributed by atoms with van der Waals surface area (Å²) in [7, 11) is 2.17. The third-order valence-electron chi connectivity index (χ3n) is 4.21. The fourth-order valence-corrected chi connectivity index (χ4v) is 3.57. The van der Waals surface area contributed by atoms with Crippen LogP contribution in [0.2, 0.25) is 0 Å². The maximum absolute atomic E-state index is 6.36. The van der Waals surface area contributed by atoms with E-state index in [9.17, 15) is 0 Å². The predicted molar refractivity (Wildman–Crippen MR) is 77.7 cm³/mol. The van der Waals surface area contributed by atoms with E-state index in [1.165, 1.54) is 18.5 Å². The molecule has 1 aromatic heterocycles. The van der Waals surface area contributed by atoms with E-state index >= 15 is 0 Å². The van der Waals surface area contributed by atoms with Gasteiger partial charge in [-0.05, 0) is 38.1 Å². The molecule has 1 saturated carbocycles. The van der Waals surface area contributed by atoms with Crippen molar-refractivity contribution in [3.8, 4) is 0 Å². The van der Waals surface area contributed by atoms with Crippen molar-refractivity contribution in [3.63, 3.8) is 0 Å². The Labute approximate surface area is 114 Å². The highest BCUT2D eigenvalue weighted by Gasteiger charge is 2.39. The highest BCUT2D eigenvalue weighted by molar-refractivity contribution is 7.09. The highest BCUT2D eigenvalue weighted by Crippen LogP contribution is 2.40. The van der Waals surface area contributed by atoms with Crippen LogP contribution in [0.5, 0.6) is 0 Å². The van der Waals surface area contributed by atoms with Crippen molar-refractivity contribution in [2.24, 2.45) is 17.1 Å². The summed E-state index contributed by atoms with van der Waals surface area (Å²) in [6.07, 6.45) is 2.51. The fourth-order valence-electron chi connectivity index (χ4n) is 2.97. The van der Waals surface area contributed by atoms with Crippen molar-refractivity contribution in [1.82, 2.24) is 9.88 Å². The Bertz CT molecular complexity index is 399. The second kappa shape index (κ2) is 5.27. The van der Waals surface area contributed by atoms with E-state index < -0.39 is 0 Å². The average Bonchev–Trinajstić information content (AvgIpc) is 2.78. The first kappa shape index (κ1) is 14.0. The van der Waals surface area contributed by atoms with Gasteiger partial charge in [-0.3, -0.25) is 0 Å². The van der Waals surface area contributed by atoms with Crippen LogP contribution in [0.4, 0.5) is 0 Å². The Hall–Kier alpha value is -0.450. The van der Waals surface area contributed by atoms with Gasteiger partial charge in [0.15, 0.2) is 0 Å². The average molecular weight is 267 g/mol. The molecule has 0 aliphatic heterocycles. The Morgan fingerprint density at radius 2 is 2.28 bits per heavy atom. The number of hydrogen-bond acceptors (Lipinski definition) is 4. The molecule has 1 aliphatic carbocycles. The van der Waals surface area contributed by atoms with Crippen molar-refractivity contribution >= 4 is 11.3 Å². The zero-order valence-electron chi connectivity index (χ0n) is 11.9. The van der Waals surface area contributed by atoms with E-state index in [0.29, 0.717) is 17.4 Å². The highest BCUT2D eigenvalue weighted by atomic mass is 32.1. The van der Waals surface area contributed by atoms with Gasteiger partial charge in [0.1, 0.15) is 0 Å². The molecule has 0 spiro atoms. The van der Waals surface area contributed by atoms with Gasteiger partial charge in [0, 0.05) is 24.5 Å². The molecule has 0 bridgehead atoms. The van der Waals surface area contributed by atoms with Crippen LogP contribution in [0, 0.1) is 18.3 Å². The summed E-state index contributed by atoms with van der Waals surface area (Å²) in [5, 5.41) is 3.31. The monoisotopic (exact) mass is 267 g/mol. The molecular weight excluding hydrogens is 242 g/mol. The summed E-state index contributed by atoms with van der Waals surface area (Å²) in [5.74, 6) is 0.629. The van der Waals surface area contributed by atoms with E-state index in [1.807, 2.05) is 0 Å². The van der Waals surface area contributed by atoms with Gasteiger partial charge in [-0.25, -0.2) is 4.98 Å². The minimum absolute atomic E-state index is 0.308. The first-order valence-electron chi connectivity index (χ1n) is 6.73. The number of aryl methyl sites for hydroxylation is 1. The van der Waals surface area contributed by atoms with Gasteiger partial charge in [0.25, 0.3) is 0 Å². The third-order valence-corrected chi connectivity index (χ3v) is 5.04. The lowest BCUT2D eigenvalue weighted by atomic mass is 9.85. The van der Waals surface area contributed by atoms with Gasteiger partial charge >= 0.3 is 0 Å². The predicted octanol–water partition coefficient (Wildman–Crippen LogP) is 2.65. The van der Waals surface area contributed by atoms with E-state index in [4.69, 9.17) is 5.73 Å². The van der Waals surface area contributed by atoms with E-state index in [0.717, 1.165) is 18.1 Å². The van der Waals surface area contributed by atoms with Crippen LogP contribution >= 0.6 is 11.3 Å². The molecule has 18 heavy (non-hydrogen) atoms. The lowest BCUT2D eigenvalue weighted by molar-refractivity contribution is 0.228. The molecule has 3 nitrogen and oxygen atoms in total. The van der Waals surface area contributed by atoms with E-state index in [2.05, 4.69) is 43.1 Å². The fraction of sp³-hybridized carbons (Fsp3) is 0.786. The van der Waals surface area contributed by atoms with Crippen molar-refractivity contribution in [3.05, 3.63) is 16.1 Å². The Kier molecular flexibility index (Phi) is 4.09. The minimum atomic E-state index is 0.308. The molecule has 2 rings (SSSR count). The first-order valence-corrected chi connectivity index (χ1v) is 7.61. The number of thiazole rings is 1. The lowest BCUT2D eigenvalue weighted by Crippen LogP contribution is -2.41. The quantitative estimate of drug-likeness (QED) is 0.912. The standard InChI is InChI=1S/C14H25N3S/c1-10-16-12(9-18-10)8-17(4)7-11-5-6-14(2,3)13(11)15/h9,11,13H,5-8,15H2,1-4H3. The summed E-state index contributed by atoms with van der Waals surface area (Å²) in [6, 6.07) is 0.331. The molecule has 1 aromatic rings. The normalized spacial score (nSPS) is 27.0. The summed E-state index contributed by atoms with van der Waals surface area (Å²) < 4.78 is 0. The second-order valence-corrected chi connectivity index (χ2v) is 7.43. The molecule has 2 N–H and O–H groups in total. The zero-order chi connectivity index (χ0) is 13.3. The van der Waals surface area contributed by atoms with Gasteiger partial charge in [0.05, 0.1) is 10.7 Å². The molecule has 2 unspecified atom stereocenters. The molecule has 1 heterocycles. The van der Waals surface area contributed by atoms with Crippen LogP contribution in [0.3, 0.4) is 0 Å². The van der Waals surface area contributed by atoms with Crippen LogP contribution in [0.1, 0.15) is 37.4 Å². The van der Waals surface area contributed by atoms with E-state index in [1.54, 1.807) is 11.3 Å². The van der Waals surface area contributed by atoms with Gasteiger partial charge in [-0.15, -0.1) is 11.3 Å². The largest absolute Gasteiger partial charge is 0.327 e. The van der Waals surface area contributed by atoms with Crippen LogP contribution in [0.25, 0.3) is 0 Å². The third kappa shape index (κ3) is 3.11. The number of rotatable bonds is 4. The van der Waals surface area contributed by atoms with Crippen LogP contribution in [-0.2, 0) is 6.54 Å². The van der Waals surface area contributed by atoms with Crippen molar-refractivity contribution < 1.29 is 0 Å². The van der Waals surface area contributed by atoms with Gasteiger partial charge in [-0.1, -0.05) is 13.8 Å². The number of nitrogens with zero attached hydrogens (tertiary/aromatic N) is 2. The SMILES string of the molecule is Cc1nc(CN(C)CC2CCC(C)(C)C2N)cs1. The first-order chi connectivity index (χ1) is 8.38. The van der Waals surface area contributed by atoms with Crippen molar-refractivity contribution in [2.75, 3.05) is 13.6 Å². The Balaban J connectivity index is 1.87. The lowest BCUT2D eigenvalue weighted by Gasteiger charge is -2.29. The van der Waals surface area contributed by atoms with Crippen molar-refractivity contribution in [2.45, 2.75) is 46.2 Å². The van der Waals surface area contributed by atoms with Crippen LogP contribution < -0.4 is 5.73 Å².